The number of ether oxygens (including phenoxy) is 1. The lowest BCUT2D eigenvalue weighted by Crippen LogP contribution is -2.14. The Labute approximate surface area is 116 Å². The second-order valence-electron chi connectivity index (χ2n) is 4.74. The summed E-state index contributed by atoms with van der Waals surface area (Å²) >= 11 is 6.02. The Balaban J connectivity index is 2.62. The van der Waals surface area contributed by atoms with E-state index in [0.29, 0.717) is 5.92 Å². The fourth-order valence-corrected chi connectivity index (χ4v) is 2.09. The monoisotopic (exact) mass is 269 g/mol. The van der Waals surface area contributed by atoms with E-state index in [2.05, 4.69) is 26.1 Å². The molecule has 0 amide bonds. The molecule has 2 nitrogen and oxygen atoms in total. The van der Waals surface area contributed by atoms with Crippen LogP contribution in [0.2, 0.25) is 5.02 Å². The van der Waals surface area contributed by atoms with Crippen molar-refractivity contribution in [2.45, 2.75) is 40.2 Å². The Morgan fingerprint density at radius 3 is 2.78 bits per heavy atom. The smallest absolute Gasteiger partial charge is 0.123 e. The highest BCUT2D eigenvalue weighted by molar-refractivity contribution is 6.30. The largest absolute Gasteiger partial charge is 0.493 e. The fourth-order valence-electron chi connectivity index (χ4n) is 1.89. The van der Waals surface area contributed by atoms with Gasteiger partial charge >= 0.3 is 0 Å². The zero-order valence-electron chi connectivity index (χ0n) is 11.6. The molecular weight excluding hydrogens is 246 g/mol. The Morgan fingerprint density at radius 1 is 1.33 bits per heavy atom. The lowest BCUT2D eigenvalue weighted by molar-refractivity contribution is 0.249. The molecule has 3 heteroatoms. The maximum Gasteiger partial charge on any atom is 0.123 e. The first kappa shape index (κ1) is 15.3. The standard InChI is InChI=1S/C15H24ClNO/c1-4-6-12(3)11-18-15-8-7-14(16)9-13(15)10-17-5-2/h7-9,12,17H,4-6,10-11H2,1-3H3. The van der Waals surface area contributed by atoms with Gasteiger partial charge in [-0.2, -0.15) is 0 Å². The van der Waals surface area contributed by atoms with Crippen LogP contribution in [0.5, 0.6) is 5.75 Å². The SMILES string of the molecule is CCCC(C)COc1ccc(Cl)cc1CNCC. The molecule has 0 aliphatic heterocycles. The van der Waals surface area contributed by atoms with Crippen molar-refractivity contribution in [1.29, 1.82) is 0 Å². The van der Waals surface area contributed by atoms with Gasteiger partial charge in [0.25, 0.3) is 0 Å². The minimum atomic E-state index is 0.595. The van der Waals surface area contributed by atoms with Gasteiger partial charge in [0.05, 0.1) is 6.61 Å². The van der Waals surface area contributed by atoms with E-state index < -0.39 is 0 Å². The Hall–Kier alpha value is -0.730. The van der Waals surface area contributed by atoms with Crippen LogP contribution in [0.4, 0.5) is 0 Å². The predicted octanol–water partition coefficient (Wildman–Crippen LogP) is 4.26. The van der Waals surface area contributed by atoms with Crippen molar-refractivity contribution in [3.05, 3.63) is 28.8 Å². The highest BCUT2D eigenvalue weighted by Crippen LogP contribution is 2.23. The van der Waals surface area contributed by atoms with Gasteiger partial charge in [0.1, 0.15) is 5.75 Å². The van der Waals surface area contributed by atoms with E-state index >= 15 is 0 Å². The Morgan fingerprint density at radius 2 is 2.11 bits per heavy atom. The first-order valence-electron chi connectivity index (χ1n) is 6.79. The Kier molecular flexibility index (Phi) is 7.14. The van der Waals surface area contributed by atoms with Crippen LogP contribution in [0.15, 0.2) is 18.2 Å². The van der Waals surface area contributed by atoms with Crippen molar-refractivity contribution < 1.29 is 4.74 Å². The molecule has 0 aliphatic rings. The number of benzene rings is 1. The molecule has 0 radical (unpaired) electrons. The van der Waals surface area contributed by atoms with Gasteiger partial charge < -0.3 is 10.1 Å². The minimum absolute atomic E-state index is 0.595. The first-order valence-corrected chi connectivity index (χ1v) is 7.17. The van der Waals surface area contributed by atoms with Crippen LogP contribution in [0.1, 0.15) is 39.2 Å². The van der Waals surface area contributed by atoms with Gasteiger partial charge in [-0.15, -0.1) is 0 Å². The molecule has 0 saturated heterocycles. The van der Waals surface area contributed by atoms with Crippen LogP contribution < -0.4 is 10.1 Å². The number of rotatable bonds is 8. The highest BCUT2D eigenvalue weighted by Gasteiger charge is 2.07. The number of halogens is 1. The van der Waals surface area contributed by atoms with E-state index in [-0.39, 0.29) is 0 Å². The zero-order chi connectivity index (χ0) is 13.4. The van der Waals surface area contributed by atoms with Gasteiger partial charge in [-0.25, -0.2) is 0 Å². The number of hydrogen-bond acceptors (Lipinski definition) is 2. The number of hydrogen-bond donors (Lipinski definition) is 1. The number of nitrogens with one attached hydrogen (secondary N) is 1. The molecule has 1 aromatic rings. The molecule has 1 aromatic carbocycles. The second-order valence-corrected chi connectivity index (χ2v) is 5.17. The van der Waals surface area contributed by atoms with Crippen molar-refractivity contribution in [2.75, 3.05) is 13.2 Å². The molecule has 0 fully saturated rings. The summed E-state index contributed by atoms with van der Waals surface area (Å²) in [6.45, 7) is 9.04. The zero-order valence-corrected chi connectivity index (χ0v) is 12.4. The first-order chi connectivity index (χ1) is 8.67. The van der Waals surface area contributed by atoms with Gasteiger partial charge in [0.15, 0.2) is 0 Å². The molecule has 1 rings (SSSR count). The van der Waals surface area contributed by atoms with Crippen molar-refractivity contribution in [3.63, 3.8) is 0 Å². The van der Waals surface area contributed by atoms with E-state index in [9.17, 15) is 0 Å². The molecule has 0 aromatic heterocycles. The average Bonchev–Trinajstić information content (AvgIpc) is 2.35. The van der Waals surface area contributed by atoms with Crippen LogP contribution >= 0.6 is 11.6 Å². The molecule has 102 valence electrons. The van der Waals surface area contributed by atoms with Crippen molar-refractivity contribution in [2.24, 2.45) is 5.92 Å². The second kappa shape index (κ2) is 8.39. The van der Waals surface area contributed by atoms with Crippen LogP contribution in [0.25, 0.3) is 0 Å². The van der Waals surface area contributed by atoms with E-state index in [1.807, 2.05) is 18.2 Å². The van der Waals surface area contributed by atoms with Crippen LogP contribution in [0, 0.1) is 5.92 Å². The topological polar surface area (TPSA) is 21.3 Å². The lowest BCUT2D eigenvalue weighted by Gasteiger charge is -2.15. The summed E-state index contributed by atoms with van der Waals surface area (Å²) in [7, 11) is 0. The van der Waals surface area contributed by atoms with E-state index in [4.69, 9.17) is 16.3 Å². The summed E-state index contributed by atoms with van der Waals surface area (Å²) in [5.41, 5.74) is 1.13. The summed E-state index contributed by atoms with van der Waals surface area (Å²) in [6.07, 6.45) is 2.41. The molecule has 0 spiro atoms. The molecule has 0 aliphatic carbocycles. The third-order valence-corrected chi connectivity index (χ3v) is 3.13. The molecular formula is C15H24ClNO. The summed E-state index contributed by atoms with van der Waals surface area (Å²) < 4.78 is 5.90. The van der Waals surface area contributed by atoms with E-state index in [0.717, 1.165) is 36.0 Å². The van der Waals surface area contributed by atoms with E-state index in [1.165, 1.54) is 12.8 Å². The van der Waals surface area contributed by atoms with Gasteiger partial charge in [0, 0.05) is 17.1 Å². The summed E-state index contributed by atoms with van der Waals surface area (Å²) in [6, 6.07) is 5.83. The van der Waals surface area contributed by atoms with Gasteiger partial charge in [-0.05, 0) is 37.1 Å². The van der Waals surface area contributed by atoms with Crippen LogP contribution in [0.3, 0.4) is 0 Å². The molecule has 0 bridgehead atoms. The summed E-state index contributed by atoms with van der Waals surface area (Å²) in [5, 5.41) is 4.07. The molecule has 1 N–H and O–H groups in total. The van der Waals surface area contributed by atoms with Crippen LogP contribution in [-0.4, -0.2) is 13.2 Å². The third-order valence-electron chi connectivity index (χ3n) is 2.89. The van der Waals surface area contributed by atoms with Crippen molar-refractivity contribution >= 4 is 11.6 Å². The lowest BCUT2D eigenvalue weighted by atomic mass is 10.1. The molecule has 18 heavy (non-hydrogen) atoms. The molecule has 1 unspecified atom stereocenters. The normalized spacial score (nSPS) is 12.4. The predicted molar refractivity (Wildman–Crippen MR) is 78.4 cm³/mol. The quantitative estimate of drug-likeness (QED) is 0.761. The highest BCUT2D eigenvalue weighted by atomic mass is 35.5. The molecule has 0 heterocycles. The van der Waals surface area contributed by atoms with Crippen molar-refractivity contribution in [1.82, 2.24) is 5.32 Å². The molecule has 1 atom stereocenters. The Bertz CT molecular complexity index is 354. The third kappa shape index (κ3) is 5.28. The minimum Gasteiger partial charge on any atom is -0.493 e. The summed E-state index contributed by atoms with van der Waals surface area (Å²) in [5.74, 6) is 1.54. The maximum atomic E-state index is 6.02. The fraction of sp³-hybridized carbons (Fsp3) is 0.600. The van der Waals surface area contributed by atoms with Crippen LogP contribution in [-0.2, 0) is 6.54 Å². The molecule has 0 saturated carbocycles. The summed E-state index contributed by atoms with van der Waals surface area (Å²) in [4.78, 5) is 0. The van der Waals surface area contributed by atoms with Gasteiger partial charge in [-0.1, -0.05) is 38.8 Å². The van der Waals surface area contributed by atoms with E-state index in [1.54, 1.807) is 0 Å². The average molecular weight is 270 g/mol. The van der Waals surface area contributed by atoms with Crippen molar-refractivity contribution in [3.8, 4) is 5.75 Å². The van der Waals surface area contributed by atoms with Gasteiger partial charge in [-0.3, -0.25) is 0 Å². The van der Waals surface area contributed by atoms with Gasteiger partial charge in [0.2, 0.25) is 0 Å². The maximum absolute atomic E-state index is 6.02.